The van der Waals surface area contributed by atoms with Gasteiger partial charge < -0.3 is 4.90 Å². The number of hydrogen-bond donors (Lipinski definition) is 0. The van der Waals surface area contributed by atoms with Crippen LogP contribution in [0.25, 0.3) is 0 Å². The molecule has 1 nitrogen and oxygen atoms in total. The molecule has 0 aliphatic carbocycles. The van der Waals surface area contributed by atoms with Crippen molar-refractivity contribution in [3.63, 3.8) is 0 Å². The maximum absolute atomic E-state index is 2.51. The number of rotatable bonds is 8. The number of unbranched alkanes of at least 4 members (excludes halogenated alkanes) is 1. The number of hydrogen-bond acceptors (Lipinski definition) is 1. The van der Waals surface area contributed by atoms with E-state index in [1.54, 1.807) is 0 Å². The topological polar surface area (TPSA) is 3.24 Å². The molecule has 0 saturated heterocycles. The van der Waals surface area contributed by atoms with Gasteiger partial charge in [0.15, 0.2) is 0 Å². The lowest BCUT2D eigenvalue weighted by Gasteiger charge is -2.16. The Kier molecular flexibility index (Phi) is 9.94. The molecule has 0 unspecified atom stereocenters. The summed E-state index contributed by atoms with van der Waals surface area (Å²) >= 11 is 0. The van der Waals surface area contributed by atoms with Crippen molar-refractivity contribution >= 4 is 9.52 Å². The third kappa shape index (κ3) is 8.25. The van der Waals surface area contributed by atoms with Gasteiger partial charge in [-0.05, 0) is 32.1 Å². The number of allylic oxidation sites excluding steroid dienone is 1. The smallest absolute Gasteiger partial charge is 0.0462 e. The molecular formula is C11H25NSi. The third-order valence-electron chi connectivity index (χ3n) is 2.36. The molecule has 78 valence electrons. The summed E-state index contributed by atoms with van der Waals surface area (Å²) in [6, 6.07) is 1.45. The van der Waals surface area contributed by atoms with Crippen LogP contribution < -0.4 is 0 Å². The maximum atomic E-state index is 2.51. The first-order valence-electron chi connectivity index (χ1n) is 5.72. The van der Waals surface area contributed by atoms with Crippen molar-refractivity contribution in [3.05, 3.63) is 11.8 Å². The molecule has 0 rings (SSSR count). The molecule has 0 radical (unpaired) electrons. The molecule has 0 aliphatic heterocycles. The monoisotopic (exact) mass is 199 g/mol. The van der Waals surface area contributed by atoms with E-state index in [0.717, 1.165) is 0 Å². The molecule has 0 aromatic carbocycles. The van der Waals surface area contributed by atoms with Crippen molar-refractivity contribution < 1.29 is 0 Å². The normalized spacial score (nSPS) is 12.6. The van der Waals surface area contributed by atoms with Crippen LogP contribution in [0, 0.1) is 0 Å². The van der Waals surface area contributed by atoms with Gasteiger partial charge in [0.2, 0.25) is 0 Å². The van der Waals surface area contributed by atoms with Crippen molar-refractivity contribution in [2.75, 3.05) is 19.6 Å². The van der Waals surface area contributed by atoms with Crippen LogP contribution in [0.1, 0.15) is 33.6 Å². The van der Waals surface area contributed by atoms with Crippen molar-refractivity contribution in [2.24, 2.45) is 0 Å². The van der Waals surface area contributed by atoms with Gasteiger partial charge in [-0.2, -0.15) is 0 Å². The van der Waals surface area contributed by atoms with Gasteiger partial charge in [0.25, 0.3) is 0 Å². The fourth-order valence-electron chi connectivity index (χ4n) is 1.37. The molecule has 13 heavy (non-hydrogen) atoms. The van der Waals surface area contributed by atoms with E-state index in [0.29, 0.717) is 0 Å². The van der Waals surface area contributed by atoms with Gasteiger partial charge in [-0.15, -0.1) is 5.70 Å². The van der Waals surface area contributed by atoms with E-state index in [-0.39, 0.29) is 9.52 Å². The number of nitrogens with zero attached hydrogens (tertiary/aromatic N) is 1. The van der Waals surface area contributed by atoms with Crippen LogP contribution in [0.3, 0.4) is 0 Å². The molecule has 0 bridgehead atoms. The quantitative estimate of drug-likeness (QED) is 0.428. The molecule has 0 aliphatic rings. The van der Waals surface area contributed by atoms with E-state index in [2.05, 4.69) is 37.4 Å². The molecule has 0 N–H and O–H groups in total. The average molecular weight is 199 g/mol. The minimum absolute atomic E-state index is 0.107. The standard InChI is InChI=1S/C11H25NSi/c1-4-7-8-10-13-11-9-12(5-2)6-3/h8,10H,4-7,9,11,13H2,1-3H3. The molecule has 0 spiro atoms. The Morgan fingerprint density at radius 3 is 2.38 bits per heavy atom. The lowest BCUT2D eigenvalue weighted by molar-refractivity contribution is 0.321. The molecular weight excluding hydrogens is 174 g/mol. The summed E-state index contributed by atoms with van der Waals surface area (Å²) in [5, 5.41) is 0. The Labute approximate surface area is 86.0 Å². The summed E-state index contributed by atoms with van der Waals surface area (Å²) in [6.45, 7) is 10.5. The van der Waals surface area contributed by atoms with Gasteiger partial charge >= 0.3 is 0 Å². The fraction of sp³-hybridized carbons (Fsp3) is 0.818. The Bertz CT molecular complexity index is 119. The third-order valence-corrected chi connectivity index (χ3v) is 3.75. The maximum Gasteiger partial charge on any atom is 0.0462 e. The van der Waals surface area contributed by atoms with Crippen LogP contribution in [0.4, 0.5) is 0 Å². The van der Waals surface area contributed by atoms with Crippen LogP contribution >= 0.6 is 0 Å². The molecule has 0 heterocycles. The second kappa shape index (κ2) is 10.0. The predicted octanol–water partition coefficient (Wildman–Crippen LogP) is 2.23. The Morgan fingerprint density at radius 1 is 1.15 bits per heavy atom. The van der Waals surface area contributed by atoms with E-state index in [4.69, 9.17) is 0 Å². The van der Waals surface area contributed by atoms with Gasteiger partial charge in [0.1, 0.15) is 0 Å². The molecule has 0 amide bonds. The van der Waals surface area contributed by atoms with Crippen molar-refractivity contribution in [3.8, 4) is 0 Å². The Balaban J connectivity index is 3.23. The van der Waals surface area contributed by atoms with Crippen molar-refractivity contribution in [2.45, 2.75) is 39.7 Å². The Hall–Kier alpha value is -0.0831. The summed E-state index contributed by atoms with van der Waals surface area (Å²) in [5.74, 6) is 0. The van der Waals surface area contributed by atoms with Crippen LogP contribution in [-0.2, 0) is 0 Å². The van der Waals surface area contributed by atoms with E-state index in [1.165, 1.54) is 38.5 Å². The van der Waals surface area contributed by atoms with Crippen LogP contribution in [0.5, 0.6) is 0 Å². The van der Waals surface area contributed by atoms with Crippen LogP contribution in [0.2, 0.25) is 6.04 Å². The summed E-state index contributed by atoms with van der Waals surface area (Å²) in [6.07, 6.45) is 4.94. The largest absolute Gasteiger partial charge is 0.304 e. The van der Waals surface area contributed by atoms with Crippen molar-refractivity contribution in [1.82, 2.24) is 4.90 Å². The van der Waals surface area contributed by atoms with E-state index in [9.17, 15) is 0 Å². The van der Waals surface area contributed by atoms with Gasteiger partial charge in [-0.3, -0.25) is 0 Å². The zero-order valence-electron chi connectivity index (χ0n) is 9.55. The fourth-order valence-corrected chi connectivity index (χ4v) is 2.71. The predicted molar refractivity (Wildman–Crippen MR) is 65.2 cm³/mol. The highest BCUT2D eigenvalue weighted by Gasteiger charge is 1.96. The highest BCUT2D eigenvalue weighted by atomic mass is 28.2. The molecule has 0 fully saturated rings. The summed E-state index contributed by atoms with van der Waals surface area (Å²) < 4.78 is 0. The van der Waals surface area contributed by atoms with E-state index in [1.807, 2.05) is 0 Å². The summed E-state index contributed by atoms with van der Waals surface area (Å²) in [4.78, 5) is 2.51. The zero-order valence-corrected chi connectivity index (χ0v) is 11.0. The minimum atomic E-state index is 0.107. The second-order valence-corrected chi connectivity index (χ2v) is 5.19. The van der Waals surface area contributed by atoms with E-state index < -0.39 is 0 Å². The highest BCUT2D eigenvalue weighted by Crippen LogP contribution is 1.92. The van der Waals surface area contributed by atoms with Crippen LogP contribution in [0.15, 0.2) is 11.8 Å². The molecule has 0 saturated carbocycles. The lowest BCUT2D eigenvalue weighted by Crippen LogP contribution is -2.24. The van der Waals surface area contributed by atoms with E-state index >= 15 is 0 Å². The molecule has 2 heteroatoms. The van der Waals surface area contributed by atoms with Gasteiger partial charge in [-0.1, -0.05) is 33.3 Å². The highest BCUT2D eigenvalue weighted by molar-refractivity contribution is 6.42. The first-order valence-corrected chi connectivity index (χ1v) is 7.54. The van der Waals surface area contributed by atoms with Gasteiger partial charge in [-0.25, -0.2) is 0 Å². The molecule has 0 aromatic heterocycles. The summed E-state index contributed by atoms with van der Waals surface area (Å²) in [7, 11) is 0.107. The van der Waals surface area contributed by atoms with Gasteiger partial charge in [0, 0.05) is 9.52 Å². The first-order chi connectivity index (χ1) is 6.35. The SMILES string of the molecule is CCCC=C[SiH2]CCN(CC)CC. The average Bonchev–Trinajstić information content (AvgIpc) is 2.17. The Morgan fingerprint density at radius 2 is 1.85 bits per heavy atom. The second-order valence-electron chi connectivity index (χ2n) is 3.43. The minimum Gasteiger partial charge on any atom is -0.304 e. The van der Waals surface area contributed by atoms with Crippen LogP contribution in [-0.4, -0.2) is 34.1 Å². The molecule has 0 atom stereocenters. The lowest BCUT2D eigenvalue weighted by atomic mass is 10.3. The molecule has 0 aromatic rings. The summed E-state index contributed by atoms with van der Waals surface area (Å²) in [5.41, 5.74) is 2.47. The van der Waals surface area contributed by atoms with Gasteiger partial charge in [0.05, 0.1) is 0 Å². The zero-order chi connectivity index (χ0) is 9.94. The van der Waals surface area contributed by atoms with Crippen molar-refractivity contribution in [1.29, 1.82) is 0 Å². The first kappa shape index (κ1) is 12.9.